The Morgan fingerprint density at radius 3 is 2.70 bits per heavy atom. The van der Waals surface area contributed by atoms with Crippen LogP contribution >= 0.6 is 0 Å². The van der Waals surface area contributed by atoms with E-state index < -0.39 is 5.60 Å². The SMILES string of the molecule is CCNC(=NCc1ccc(F)c(COC)c1)NCC(C)(O)c1ccc(C)o1. The van der Waals surface area contributed by atoms with Crippen molar-refractivity contribution in [3.8, 4) is 0 Å². The number of aliphatic imine (C=N–C) groups is 1. The van der Waals surface area contributed by atoms with E-state index in [1.54, 1.807) is 25.1 Å². The van der Waals surface area contributed by atoms with Gasteiger partial charge in [0.2, 0.25) is 0 Å². The number of methoxy groups -OCH3 is 1. The summed E-state index contributed by atoms with van der Waals surface area (Å²) in [6, 6.07) is 8.44. The molecule has 2 rings (SSSR count). The van der Waals surface area contributed by atoms with Crippen molar-refractivity contribution in [2.75, 3.05) is 20.2 Å². The zero-order valence-corrected chi connectivity index (χ0v) is 16.3. The molecule has 0 radical (unpaired) electrons. The molecule has 0 saturated heterocycles. The zero-order valence-electron chi connectivity index (χ0n) is 16.3. The van der Waals surface area contributed by atoms with Gasteiger partial charge in [0, 0.05) is 19.2 Å². The van der Waals surface area contributed by atoms with Gasteiger partial charge in [0.25, 0.3) is 0 Å². The van der Waals surface area contributed by atoms with E-state index in [0.29, 0.717) is 30.4 Å². The van der Waals surface area contributed by atoms with Crippen LogP contribution in [-0.2, 0) is 23.5 Å². The Morgan fingerprint density at radius 1 is 1.30 bits per heavy atom. The van der Waals surface area contributed by atoms with Gasteiger partial charge in [-0.3, -0.25) is 0 Å². The summed E-state index contributed by atoms with van der Waals surface area (Å²) in [6.45, 7) is 6.95. The molecule has 0 aliphatic rings. The molecule has 1 heterocycles. The predicted octanol–water partition coefficient (Wildman–Crippen LogP) is 2.84. The lowest BCUT2D eigenvalue weighted by atomic mass is 10.0. The van der Waals surface area contributed by atoms with Crippen LogP contribution in [0.5, 0.6) is 0 Å². The molecule has 7 heteroatoms. The van der Waals surface area contributed by atoms with Crippen molar-refractivity contribution in [1.29, 1.82) is 0 Å². The highest BCUT2D eigenvalue weighted by atomic mass is 19.1. The molecular formula is C20H28FN3O3. The number of halogens is 1. The fraction of sp³-hybridized carbons (Fsp3) is 0.450. The smallest absolute Gasteiger partial charge is 0.191 e. The maximum Gasteiger partial charge on any atom is 0.191 e. The minimum atomic E-state index is -1.17. The van der Waals surface area contributed by atoms with E-state index in [4.69, 9.17) is 9.15 Å². The number of benzene rings is 1. The van der Waals surface area contributed by atoms with E-state index >= 15 is 0 Å². The fourth-order valence-electron chi connectivity index (χ4n) is 2.57. The minimum Gasteiger partial charge on any atom is -0.463 e. The van der Waals surface area contributed by atoms with Crippen LogP contribution in [0, 0.1) is 12.7 Å². The minimum absolute atomic E-state index is 0.215. The average molecular weight is 377 g/mol. The van der Waals surface area contributed by atoms with Crippen LogP contribution in [0.15, 0.2) is 39.7 Å². The Hall–Kier alpha value is -2.38. The van der Waals surface area contributed by atoms with Crippen LogP contribution in [0.25, 0.3) is 0 Å². The molecule has 3 N–H and O–H groups in total. The fourth-order valence-corrected chi connectivity index (χ4v) is 2.57. The third-order valence-electron chi connectivity index (χ3n) is 4.05. The number of nitrogens with zero attached hydrogens (tertiary/aromatic N) is 1. The summed E-state index contributed by atoms with van der Waals surface area (Å²) >= 11 is 0. The van der Waals surface area contributed by atoms with Crippen molar-refractivity contribution in [3.63, 3.8) is 0 Å². The number of furan rings is 1. The second kappa shape index (κ2) is 9.53. The summed E-state index contributed by atoms with van der Waals surface area (Å²) in [7, 11) is 1.53. The highest BCUT2D eigenvalue weighted by Crippen LogP contribution is 2.21. The zero-order chi connectivity index (χ0) is 19.9. The second-order valence-corrected chi connectivity index (χ2v) is 6.59. The molecule has 0 aliphatic carbocycles. The molecule has 1 aromatic carbocycles. The third-order valence-corrected chi connectivity index (χ3v) is 4.05. The van der Waals surface area contributed by atoms with Crippen LogP contribution in [0.2, 0.25) is 0 Å². The molecule has 1 atom stereocenters. The Kier molecular flexibility index (Phi) is 7.38. The van der Waals surface area contributed by atoms with Gasteiger partial charge in [0.1, 0.15) is 22.9 Å². The molecule has 1 aromatic heterocycles. The summed E-state index contributed by atoms with van der Waals surface area (Å²) < 4.78 is 24.2. The molecule has 2 aromatic rings. The first-order valence-electron chi connectivity index (χ1n) is 8.93. The Bertz CT molecular complexity index is 772. The first kappa shape index (κ1) is 20.9. The van der Waals surface area contributed by atoms with Gasteiger partial charge in [-0.05, 0) is 50.6 Å². The van der Waals surface area contributed by atoms with Gasteiger partial charge >= 0.3 is 0 Å². The number of guanidine groups is 1. The average Bonchev–Trinajstić information content (AvgIpc) is 3.07. The Morgan fingerprint density at radius 2 is 2.07 bits per heavy atom. The second-order valence-electron chi connectivity index (χ2n) is 6.59. The van der Waals surface area contributed by atoms with Crippen molar-refractivity contribution >= 4 is 5.96 Å². The molecule has 1 unspecified atom stereocenters. The molecule has 148 valence electrons. The predicted molar refractivity (Wildman–Crippen MR) is 103 cm³/mol. The van der Waals surface area contributed by atoms with Gasteiger partial charge in [-0.1, -0.05) is 6.07 Å². The standard InChI is InChI=1S/C20H28FN3O3/c1-5-22-19(24-13-20(3,25)18-9-6-14(2)27-18)23-11-15-7-8-17(21)16(10-15)12-26-4/h6-10,25H,5,11-13H2,1-4H3,(H2,22,23,24). The van der Waals surface area contributed by atoms with E-state index in [2.05, 4.69) is 15.6 Å². The number of ether oxygens (including phenoxy) is 1. The number of nitrogens with one attached hydrogen (secondary N) is 2. The van der Waals surface area contributed by atoms with Crippen LogP contribution in [-0.4, -0.2) is 31.3 Å². The van der Waals surface area contributed by atoms with Gasteiger partial charge in [-0.15, -0.1) is 0 Å². The Balaban J connectivity index is 2.04. The van der Waals surface area contributed by atoms with Crippen molar-refractivity contribution < 1.29 is 18.7 Å². The van der Waals surface area contributed by atoms with Gasteiger partial charge < -0.3 is 24.9 Å². The van der Waals surface area contributed by atoms with Gasteiger partial charge in [0.15, 0.2) is 5.96 Å². The molecule has 0 bridgehead atoms. The van der Waals surface area contributed by atoms with Gasteiger partial charge in [0.05, 0.1) is 19.7 Å². The number of hydrogen-bond donors (Lipinski definition) is 3. The van der Waals surface area contributed by atoms with E-state index in [1.807, 2.05) is 19.9 Å². The first-order chi connectivity index (χ1) is 12.9. The molecule has 6 nitrogen and oxygen atoms in total. The molecule has 0 aliphatic heterocycles. The van der Waals surface area contributed by atoms with E-state index in [9.17, 15) is 9.50 Å². The summed E-state index contributed by atoms with van der Waals surface area (Å²) in [5.74, 6) is 1.50. The number of hydrogen-bond acceptors (Lipinski definition) is 4. The molecule has 0 fully saturated rings. The van der Waals surface area contributed by atoms with E-state index in [0.717, 1.165) is 11.3 Å². The molecule has 27 heavy (non-hydrogen) atoms. The lowest BCUT2D eigenvalue weighted by Gasteiger charge is -2.22. The van der Waals surface area contributed by atoms with E-state index in [-0.39, 0.29) is 19.0 Å². The molecule has 0 amide bonds. The summed E-state index contributed by atoms with van der Waals surface area (Å²) in [6.07, 6.45) is 0. The maximum absolute atomic E-state index is 13.7. The molecule has 0 spiro atoms. The largest absolute Gasteiger partial charge is 0.463 e. The highest BCUT2D eigenvalue weighted by molar-refractivity contribution is 5.79. The maximum atomic E-state index is 13.7. The van der Waals surface area contributed by atoms with Crippen molar-refractivity contribution in [3.05, 3.63) is 58.8 Å². The molecular weight excluding hydrogens is 349 g/mol. The Labute approximate surface area is 159 Å². The van der Waals surface area contributed by atoms with Crippen LogP contribution < -0.4 is 10.6 Å². The van der Waals surface area contributed by atoms with Crippen molar-refractivity contribution in [2.45, 2.75) is 39.5 Å². The van der Waals surface area contributed by atoms with Gasteiger partial charge in [-0.2, -0.15) is 0 Å². The quantitative estimate of drug-likeness (QED) is 0.487. The number of aryl methyl sites for hydroxylation is 1. The van der Waals surface area contributed by atoms with Crippen LogP contribution in [0.3, 0.4) is 0 Å². The lowest BCUT2D eigenvalue weighted by Crippen LogP contribution is -2.44. The van der Waals surface area contributed by atoms with Crippen molar-refractivity contribution in [2.24, 2.45) is 4.99 Å². The first-order valence-corrected chi connectivity index (χ1v) is 8.93. The third kappa shape index (κ3) is 6.08. The number of aliphatic hydroxyl groups is 1. The normalized spacial score (nSPS) is 14.1. The topological polar surface area (TPSA) is 79.0 Å². The summed E-state index contributed by atoms with van der Waals surface area (Å²) in [5, 5.41) is 16.9. The highest BCUT2D eigenvalue weighted by Gasteiger charge is 2.27. The molecule has 0 saturated carbocycles. The monoisotopic (exact) mass is 377 g/mol. The van der Waals surface area contributed by atoms with Crippen LogP contribution in [0.4, 0.5) is 4.39 Å². The lowest BCUT2D eigenvalue weighted by molar-refractivity contribution is 0.0378. The van der Waals surface area contributed by atoms with E-state index in [1.165, 1.54) is 13.2 Å². The summed E-state index contributed by atoms with van der Waals surface area (Å²) in [4.78, 5) is 4.51. The summed E-state index contributed by atoms with van der Waals surface area (Å²) in [5.41, 5.74) is 0.194. The number of rotatable bonds is 8. The van der Waals surface area contributed by atoms with Gasteiger partial charge in [-0.25, -0.2) is 9.38 Å². The van der Waals surface area contributed by atoms with Crippen LogP contribution in [0.1, 0.15) is 36.5 Å². The van der Waals surface area contributed by atoms with Crippen molar-refractivity contribution in [1.82, 2.24) is 10.6 Å².